The van der Waals surface area contributed by atoms with Gasteiger partial charge < -0.3 is 9.84 Å². The zero-order valence-electron chi connectivity index (χ0n) is 6.66. The second-order valence-electron chi connectivity index (χ2n) is 2.85. The van der Waals surface area contributed by atoms with Gasteiger partial charge in [-0.1, -0.05) is 12.1 Å². The van der Waals surface area contributed by atoms with Gasteiger partial charge in [-0.2, -0.15) is 0 Å². The van der Waals surface area contributed by atoms with Crippen LogP contribution < -0.4 is 5.32 Å². The van der Waals surface area contributed by atoms with E-state index in [1.54, 1.807) is 12.1 Å². The Hall–Kier alpha value is -1.06. The molecule has 3 heteroatoms. The van der Waals surface area contributed by atoms with E-state index in [1.807, 2.05) is 12.1 Å². The molecule has 1 fully saturated rings. The van der Waals surface area contributed by atoms with Crippen molar-refractivity contribution < 1.29 is 9.84 Å². The fraction of sp³-hybridized carbons (Fsp3) is 0.333. The van der Waals surface area contributed by atoms with Crippen molar-refractivity contribution in [2.24, 2.45) is 0 Å². The van der Waals surface area contributed by atoms with E-state index >= 15 is 0 Å². The van der Waals surface area contributed by atoms with E-state index in [-0.39, 0.29) is 6.10 Å². The largest absolute Gasteiger partial charge is 0.508 e. The Labute approximate surface area is 71.0 Å². The second kappa shape index (κ2) is 3.13. The highest BCUT2D eigenvalue weighted by Gasteiger charge is 2.16. The summed E-state index contributed by atoms with van der Waals surface area (Å²) in [5.74, 6) is 0.296. The zero-order valence-corrected chi connectivity index (χ0v) is 6.66. The summed E-state index contributed by atoms with van der Waals surface area (Å²) in [6.45, 7) is 1.47. The summed E-state index contributed by atoms with van der Waals surface area (Å²) in [4.78, 5) is 0. The number of nitrogens with one attached hydrogen (secondary N) is 1. The summed E-state index contributed by atoms with van der Waals surface area (Å²) in [6.07, 6.45) is 0.144. The summed E-state index contributed by atoms with van der Waals surface area (Å²) >= 11 is 0. The van der Waals surface area contributed by atoms with Gasteiger partial charge in [-0.3, -0.25) is 5.32 Å². The Kier molecular flexibility index (Phi) is 1.98. The van der Waals surface area contributed by atoms with Gasteiger partial charge in [0, 0.05) is 6.54 Å². The molecule has 2 rings (SSSR count). The van der Waals surface area contributed by atoms with Crippen molar-refractivity contribution >= 4 is 0 Å². The molecule has 1 atom stereocenters. The zero-order chi connectivity index (χ0) is 8.39. The van der Waals surface area contributed by atoms with Crippen LogP contribution in [0.25, 0.3) is 0 Å². The summed E-state index contributed by atoms with van der Waals surface area (Å²) < 4.78 is 5.39. The van der Waals surface area contributed by atoms with E-state index in [9.17, 15) is 0 Å². The molecule has 12 heavy (non-hydrogen) atoms. The lowest BCUT2D eigenvalue weighted by Gasteiger charge is -2.07. The van der Waals surface area contributed by atoms with Gasteiger partial charge in [0.1, 0.15) is 5.75 Å². The summed E-state index contributed by atoms with van der Waals surface area (Å²) in [5.41, 5.74) is 1.11. The molecule has 0 radical (unpaired) electrons. The van der Waals surface area contributed by atoms with E-state index < -0.39 is 0 Å². The molecule has 1 saturated heterocycles. The molecule has 1 unspecified atom stereocenters. The topological polar surface area (TPSA) is 41.5 Å². The normalized spacial score (nSPS) is 22.8. The van der Waals surface area contributed by atoms with Gasteiger partial charge in [-0.05, 0) is 17.7 Å². The highest BCUT2D eigenvalue weighted by molar-refractivity contribution is 5.27. The maximum atomic E-state index is 9.04. The predicted octanol–water partition coefficient (Wildman–Crippen LogP) is 1.01. The fourth-order valence-electron chi connectivity index (χ4n) is 1.31. The van der Waals surface area contributed by atoms with Crippen molar-refractivity contribution in [3.8, 4) is 5.75 Å². The smallest absolute Gasteiger partial charge is 0.115 e. The average Bonchev–Trinajstić information content (AvgIpc) is 2.58. The van der Waals surface area contributed by atoms with Crippen LogP contribution in [-0.4, -0.2) is 18.4 Å². The van der Waals surface area contributed by atoms with Crippen LogP contribution in [0.5, 0.6) is 5.75 Å². The Morgan fingerprint density at radius 1 is 1.33 bits per heavy atom. The van der Waals surface area contributed by atoms with E-state index in [4.69, 9.17) is 9.84 Å². The molecule has 0 saturated carbocycles. The fourth-order valence-corrected chi connectivity index (χ4v) is 1.31. The Balaban J connectivity index is 2.17. The minimum Gasteiger partial charge on any atom is -0.508 e. The number of aromatic hydroxyl groups is 1. The van der Waals surface area contributed by atoms with Crippen LogP contribution in [0.1, 0.15) is 11.7 Å². The monoisotopic (exact) mass is 165 g/mol. The summed E-state index contributed by atoms with van der Waals surface area (Å²) in [5, 5.41) is 12.1. The molecule has 2 N–H and O–H groups in total. The van der Waals surface area contributed by atoms with Crippen LogP contribution in [0.3, 0.4) is 0 Å². The number of hydrogen-bond donors (Lipinski definition) is 2. The number of ether oxygens (including phenoxy) is 1. The lowest BCUT2D eigenvalue weighted by Crippen LogP contribution is -2.07. The third-order valence-corrected chi connectivity index (χ3v) is 1.98. The van der Waals surface area contributed by atoms with Crippen molar-refractivity contribution in [2.75, 3.05) is 13.3 Å². The molecule has 1 aromatic carbocycles. The van der Waals surface area contributed by atoms with Gasteiger partial charge in [0.2, 0.25) is 0 Å². The molecule has 0 aromatic heterocycles. The maximum absolute atomic E-state index is 9.04. The number of rotatable bonds is 1. The van der Waals surface area contributed by atoms with Crippen LogP contribution in [-0.2, 0) is 4.74 Å². The predicted molar refractivity (Wildman–Crippen MR) is 44.8 cm³/mol. The molecule has 1 aliphatic heterocycles. The highest BCUT2D eigenvalue weighted by atomic mass is 16.5. The first-order valence-electron chi connectivity index (χ1n) is 3.97. The van der Waals surface area contributed by atoms with Gasteiger partial charge in [0.15, 0.2) is 0 Å². The molecule has 0 spiro atoms. The van der Waals surface area contributed by atoms with Crippen LogP contribution >= 0.6 is 0 Å². The molecule has 0 amide bonds. The Morgan fingerprint density at radius 3 is 2.67 bits per heavy atom. The second-order valence-corrected chi connectivity index (χ2v) is 2.85. The van der Waals surface area contributed by atoms with Crippen LogP contribution in [0.2, 0.25) is 0 Å². The van der Waals surface area contributed by atoms with Gasteiger partial charge in [0.25, 0.3) is 0 Å². The van der Waals surface area contributed by atoms with E-state index in [0.717, 1.165) is 12.1 Å². The molecule has 0 bridgehead atoms. The lowest BCUT2D eigenvalue weighted by atomic mass is 10.1. The maximum Gasteiger partial charge on any atom is 0.115 e. The highest BCUT2D eigenvalue weighted by Crippen LogP contribution is 2.21. The average molecular weight is 165 g/mol. The first-order chi connectivity index (χ1) is 5.86. The Morgan fingerprint density at radius 2 is 2.08 bits per heavy atom. The molecule has 64 valence electrons. The van der Waals surface area contributed by atoms with Crippen LogP contribution in [0, 0.1) is 0 Å². The van der Waals surface area contributed by atoms with Gasteiger partial charge in [-0.15, -0.1) is 0 Å². The SMILES string of the molecule is Oc1ccc(C2CNCO2)cc1. The quantitative estimate of drug-likeness (QED) is 0.652. The minimum absolute atomic E-state index is 0.144. The Bertz CT molecular complexity index is 252. The first-order valence-corrected chi connectivity index (χ1v) is 3.97. The third kappa shape index (κ3) is 1.42. The molecular formula is C9H11NO2. The number of phenolic OH excluding ortho intramolecular Hbond substituents is 1. The van der Waals surface area contributed by atoms with Gasteiger partial charge in [0.05, 0.1) is 12.8 Å². The van der Waals surface area contributed by atoms with Crippen molar-refractivity contribution in [1.29, 1.82) is 0 Å². The van der Waals surface area contributed by atoms with E-state index in [1.165, 1.54) is 0 Å². The summed E-state index contributed by atoms with van der Waals surface area (Å²) in [6, 6.07) is 7.12. The van der Waals surface area contributed by atoms with Gasteiger partial charge >= 0.3 is 0 Å². The minimum atomic E-state index is 0.144. The van der Waals surface area contributed by atoms with E-state index in [2.05, 4.69) is 5.32 Å². The van der Waals surface area contributed by atoms with Crippen molar-refractivity contribution in [3.05, 3.63) is 29.8 Å². The molecule has 3 nitrogen and oxygen atoms in total. The molecule has 1 aliphatic rings. The molecular weight excluding hydrogens is 154 g/mol. The standard InChI is InChI=1S/C9H11NO2/c11-8-3-1-7(2-4-8)9-5-10-6-12-9/h1-4,9-11H,5-6H2. The number of phenols is 1. The molecule has 1 heterocycles. The van der Waals surface area contributed by atoms with E-state index in [0.29, 0.717) is 12.5 Å². The summed E-state index contributed by atoms with van der Waals surface area (Å²) in [7, 11) is 0. The number of benzene rings is 1. The van der Waals surface area contributed by atoms with Crippen molar-refractivity contribution in [2.45, 2.75) is 6.10 Å². The van der Waals surface area contributed by atoms with Crippen LogP contribution in [0.15, 0.2) is 24.3 Å². The van der Waals surface area contributed by atoms with Gasteiger partial charge in [-0.25, -0.2) is 0 Å². The van der Waals surface area contributed by atoms with Crippen molar-refractivity contribution in [3.63, 3.8) is 0 Å². The number of hydrogen-bond acceptors (Lipinski definition) is 3. The van der Waals surface area contributed by atoms with Crippen LogP contribution in [0.4, 0.5) is 0 Å². The third-order valence-electron chi connectivity index (χ3n) is 1.98. The lowest BCUT2D eigenvalue weighted by molar-refractivity contribution is 0.114. The molecule has 1 aromatic rings. The van der Waals surface area contributed by atoms with Crippen molar-refractivity contribution in [1.82, 2.24) is 5.32 Å². The first kappa shape index (κ1) is 7.58. The molecule has 0 aliphatic carbocycles.